The van der Waals surface area contributed by atoms with E-state index in [1.165, 1.54) is 4.90 Å². The molecule has 1 amide bonds. The molecule has 0 N–H and O–H groups in total. The van der Waals surface area contributed by atoms with Crippen molar-refractivity contribution >= 4 is 11.9 Å². The predicted octanol–water partition coefficient (Wildman–Crippen LogP) is 1.13. The molecule has 1 saturated heterocycles. The van der Waals surface area contributed by atoms with E-state index in [4.69, 9.17) is 9.47 Å². The van der Waals surface area contributed by atoms with Crippen molar-refractivity contribution in [1.29, 1.82) is 0 Å². The van der Waals surface area contributed by atoms with Crippen LogP contribution in [-0.2, 0) is 19.1 Å². The molecule has 0 saturated carbocycles. The van der Waals surface area contributed by atoms with Gasteiger partial charge in [-0.3, -0.25) is 9.59 Å². The minimum atomic E-state index is -0.423. The van der Waals surface area contributed by atoms with Gasteiger partial charge in [-0.05, 0) is 26.2 Å². The summed E-state index contributed by atoms with van der Waals surface area (Å²) in [6.07, 6.45) is 3.86. The zero-order chi connectivity index (χ0) is 13.4. The van der Waals surface area contributed by atoms with Crippen LogP contribution in [0.2, 0.25) is 0 Å². The van der Waals surface area contributed by atoms with E-state index in [2.05, 4.69) is 6.58 Å². The van der Waals surface area contributed by atoms with Gasteiger partial charge < -0.3 is 14.4 Å². The van der Waals surface area contributed by atoms with Gasteiger partial charge in [0.1, 0.15) is 12.6 Å². The average molecular weight is 255 g/mol. The van der Waals surface area contributed by atoms with Crippen LogP contribution in [0.25, 0.3) is 0 Å². The van der Waals surface area contributed by atoms with Crippen molar-refractivity contribution in [2.45, 2.75) is 32.3 Å². The monoisotopic (exact) mass is 255 g/mol. The summed E-state index contributed by atoms with van der Waals surface area (Å²) in [5.74, 6) is -0.550. The molecule has 0 bridgehead atoms. The molecule has 18 heavy (non-hydrogen) atoms. The highest BCUT2D eigenvalue weighted by Gasteiger charge is 2.27. The Balaban J connectivity index is 2.55. The topological polar surface area (TPSA) is 55.8 Å². The molecular weight excluding hydrogens is 234 g/mol. The Kier molecular flexibility index (Phi) is 6.43. The van der Waals surface area contributed by atoms with Crippen molar-refractivity contribution in [3.63, 3.8) is 0 Å². The molecule has 1 fully saturated rings. The highest BCUT2D eigenvalue weighted by Crippen LogP contribution is 2.15. The van der Waals surface area contributed by atoms with E-state index < -0.39 is 12.1 Å². The maximum atomic E-state index is 12.2. The fraction of sp³-hybridized carbons (Fsp3) is 0.692. The molecule has 0 aliphatic carbocycles. The lowest BCUT2D eigenvalue weighted by atomic mass is 10.1. The van der Waals surface area contributed by atoms with Crippen LogP contribution in [0.1, 0.15) is 26.2 Å². The summed E-state index contributed by atoms with van der Waals surface area (Å²) in [5.41, 5.74) is 0. The first-order valence-corrected chi connectivity index (χ1v) is 6.36. The number of hydrogen-bond acceptors (Lipinski definition) is 4. The van der Waals surface area contributed by atoms with Crippen molar-refractivity contribution in [1.82, 2.24) is 4.90 Å². The van der Waals surface area contributed by atoms with Crippen molar-refractivity contribution in [3.8, 4) is 0 Å². The molecule has 1 rings (SSSR count). The predicted molar refractivity (Wildman–Crippen MR) is 67.0 cm³/mol. The van der Waals surface area contributed by atoms with E-state index in [1.54, 1.807) is 13.0 Å². The van der Waals surface area contributed by atoms with Gasteiger partial charge in [-0.25, -0.2) is 0 Å². The van der Waals surface area contributed by atoms with Gasteiger partial charge in [0, 0.05) is 13.2 Å². The maximum Gasteiger partial charge on any atom is 0.325 e. The first kappa shape index (κ1) is 14.7. The molecular formula is C13H21NO4. The van der Waals surface area contributed by atoms with Gasteiger partial charge in [-0.2, -0.15) is 0 Å². The molecule has 0 aromatic rings. The molecule has 1 heterocycles. The Morgan fingerprint density at radius 1 is 1.50 bits per heavy atom. The Bertz CT molecular complexity index is 297. The Labute approximate surface area is 108 Å². The maximum absolute atomic E-state index is 12.2. The van der Waals surface area contributed by atoms with Gasteiger partial charge in [0.2, 0.25) is 0 Å². The van der Waals surface area contributed by atoms with Crippen LogP contribution in [0.4, 0.5) is 0 Å². The van der Waals surface area contributed by atoms with Gasteiger partial charge in [0.25, 0.3) is 5.91 Å². The first-order chi connectivity index (χ1) is 8.69. The molecule has 0 aromatic carbocycles. The highest BCUT2D eigenvalue weighted by atomic mass is 16.5. The van der Waals surface area contributed by atoms with Crippen LogP contribution in [0.5, 0.6) is 0 Å². The molecule has 1 atom stereocenters. The SMILES string of the molecule is C=CCN(CC(=O)OCC)C(=O)C1CCCCO1. The third-order valence-electron chi connectivity index (χ3n) is 2.74. The second kappa shape index (κ2) is 7.87. The molecule has 102 valence electrons. The molecule has 1 aliphatic rings. The first-order valence-electron chi connectivity index (χ1n) is 6.36. The highest BCUT2D eigenvalue weighted by molar-refractivity contribution is 5.85. The van der Waals surface area contributed by atoms with Crippen LogP contribution in [0.3, 0.4) is 0 Å². The number of carbonyl (C=O) groups excluding carboxylic acids is 2. The van der Waals surface area contributed by atoms with Gasteiger partial charge in [-0.15, -0.1) is 6.58 Å². The molecule has 0 aromatic heterocycles. The summed E-state index contributed by atoms with van der Waals surface area (Å²) < 4.78 is 10.3. The fourth-order valence-electron chi connectivity index (χ4n) is 1.89. The summed E-state index contributed by atoms with van der Waals surface area (Å²) in [7, 11) is 0. The minimum Gasteiger partial charge on any atom is -0.465 e. The van der Waals surface area contributed by atoms with Crippen molar-refractivity contribution in [2.75, 3.05) is 26.3 Å². The van der Waals surface area contributed by atoms with E-state index in [-0.39, 0.29) is 12.5 Å². The lowest BCUT2D eigenvalue weighted by Crippen LogP contribution is -2.44. The quantitative estimate of drug-likeness (QED) is 0.527. The Morgan fingerprint density at radius 2 is 2.28 bits per heavy atom. The largest absolute Gasteiger partial charge is 0.465 e. The third-order valence-corrected chi connectivity index (χ3v) is 2.74. The van der Waals surface area contributed by atoms with Crippen LogP contribution >= 0.6 is 0 Å². The third kappa shape index (κ3) is 4.49. The summed E-state index contributed by atoms with van der Waals surface area (Å²) in [4.78, 5) is 25.0. The summed E-state index contributed by atoms with van der Waals surface area (Å²) in [6, 6.07) is 0. The molecule has 1 unspecified atom stereocenters. The average Bonchev–Trinajstić information content (AvgIpc) is 2.39. The smallest absolute Gasteiger partial charge is 0.325 e. The summed E-state index contributed by atoms with van der Waals surface area (Å²) >= 11 is 0. The number of nitrogens with zero attached hydrogens (tertiary/aromatic N) is 1. The van der Waals surface area contributed by atoms with Crippen LogP contribution in [0, 0.1) is 0 Å². The summed E-state index contributed by atoms with van der Waals surface area (Å²) in [5, 5.41) is 0. The molecule has 0 radical (unpaired) electrons. The van der Waals surface area contributed by atoms with Gasteiger partial charge in [0.15, 0.2) is 0 Å². The van der Waals surface area contributed by atoms with E-state index in [0.717, 1.165) is 19.3 Å². The minimum absolute atomic E-state index is 0.0431. The van der Waals surface area contributed by atoms with Gasteiger partial charge in [-0.1, -0.05) is 6.08 Å². The van der Waals surface area contributed by atoms with E-state index >= 15 is 0 Å². The number of ether oxygens (including phenoxy) is 2. The van der Waals surface area contributed by atoms with Crippen molar-refractivity contribution in [2.24, 2.45) is 0 Å². The lowest BCUT2D eigenvalue weighted by molar-refractivity contribution is -0.154. The second-order valence-electron chi connectivity index (χ2n) is 4.17. The number of carbonyl (C=O) groups is 2. The normalized spacial score (nSPS) is 19.1. The van der Waals surface area contributed by atoms with Crippen LogP contribution < -0.4 is 0 Å². The standard InChI is InChI=1S/C13H21NO4/c1-3-8-14(10-12(15)17-4-2)13(16)11-7-5-6-9-18-11/h3,11H,1,4-10H2,2H3. The molecule has 1 aliphatic heterocycles. The molecule has 5 nitrogen and oxygen atoms in total. The Hall–Kier alpha value is -1.36. The number of amides is 1. The fourth-order valence-corrected chi connectivity index (χ4v) is 1.89. The van der Waals surface area contributed by atoms with Crippen LogP contribution in [0.15, 0.2) is 12.7 Å². The van der Waals surface area contributed by atoms with E-state index in [0.29, 0.717) is 19.8 Å². The number of rotatable bonds is 6. The van der Waals surface area contributed by atoms with Crippen LogP contribution in [-0.4, -0.2) is 49.2 Å². The Morgan fingerprint density at radius 3 is 2.83 bits per heavy atom. The number of hydrogen-bond donors (Lipinski definition) is 0. The second-order valence-corrected chi connectivity index (χ2v) is 4.17. The van der Waals surface area contributed by atoms with Gasteiger partial charge >= 0.3 is 5.97 Å². The summed E-state index contributed by atoms with van der Waals surface area (Å²) in [6.45, 7) is 6.54. The van der Waals surface area contributed by atoms with Gasteiger partial charge in [0.05, 0.1) is 6.61 Å². The van der Waals surface area contributed by atoms with E-state index in [1.807, 2.05) is 0 Å². The lowest BCUT2D eigenvalue weighted by Gasteiger charge is -2.28. The zero-order valence-electron chi connectivity index (χ0n) is 10.9. The van der Waals surface area contributed by atoms with E-state index in [9.17, 15) is 9.59 Å². The number of esters is 1. The van der Waals surface area contributed by atoms with Crippen molar-refractivity contribution < 1.29 is 19.1 Å². The zero-order valence-corrected chi connectivity index (χ0v) is 10.9. The molecule has 5 heteroatoms. The van der Waals surface area contributed by atoms with Crippen molar-refractivity contribution in [3.05, 3.63) is 12.7 Å². The molecule has 0 spiro atoms.